The zero-order chi connectivity index (χ0) is 20.2. The summed E-state index contributed by atoms with van der Waals surface area (Å²) in [6.45, 7) is 2.41. The standard InChI is InChI=1S/C20H17ClN4O2S2/c1-12-19(13-2-4-15(21)5-3-13)24-18(29-12)10-22-16(26)6-7-17-23-20(25-27-17)14-8-9-28-11-14/h2-5,8-9,11H,6-7,10H2,1H3,(H,22,26). The molecule has 9 heteroatoms. The normalized spacial score (nSPS) is 11.0. The van der Waals surface area contributed by atoms with Crippen molar-refractivity contribution in [3.63, 3.8) is 0 Å². The van der Waals surface area contributed by atoms with Crippen molar-refractivity contribution < 1.29 is 9.32 Å². The first-order valence-electron chi connectivity index (χ1n) is 8.92. The van der Waals surface area contributed by atoms with Crippen molar-refractivity contribution in [2.24, 2.45) is 0 Å². The van der Waals surface area contributed by atoms with Gasteiger partial charge in [0.15, 0.2) is 0 Å². The molecule has 1 N–H and O–H groups in total. The van der Waals surface area contributed by atoms with Crippen molar-refractivity contribution in [3.05, 3.63) is 61.9 Å². The van der Waals surface area contributed by atoms with Crippen LogP contribution in [0.4, 0.5) is 0 Å². The first-order chi connectivity index (χ1) is 14.1. The molecule has 6 nitrogen and oxygen atoms in total. The number of thiophene rings is 1. The fourth-order valence-corrected chi connectivity index (χ4v) is 4.41. The number of aromatic nitrogens is 3. The van der Waals surface area contributed by atoms with E-state index in [0.29, 0.717) is 29.7 Å². The van der Waals surface area contributed by atoms with Crippen molar-refractivity contribution in [1.82, 2.24) is 20.4 Å². The van der Waals surface area contributed by atoms with Gasteiger partial charge in [-0.05, 0) is 30.5 Å². The highest BCUT2D eigenvalue weighted by Crippen LogP contribution is 2.28. The molecule has 148 valence electrons. The van der Waals surface area contributed by atoms with Crippen LogP contribution in [0.2, 0.25) is 5.02 Å². The third-order valence-corrected chi connectivity index (χ3v) is 6.11. The largest absolute Gasteiger partial charge is 0.350 e. The van der Waals surface area contributed by atoms with E-state index in [0.717, 1.165) is 26.7 Å². The molecule has 0 fully saturated rings. The Morgan fingerprint density at radius 2 is 2.00 bits per heavy atom. The van der Waals surface area contributed by atoms with Gasteiger partial charge in [0.05, 0.1) is 12.2 Å². The maximum absolute atomic E-state index is 12.2. The number of carbonyl (C=O) groups excluding carboxylic acids is 1. The van der Waals surface area contributed by atoms with Crippen LogP contribution in [0.5, 0.6) is 0 Å². The molecule has 4 rings (SSSR count). The van der Waals surface area contributed by atoms with Crippen LogP contribution in [0.15, 0.2) is 45.6 Å². The van der Waals surface area contributed by atoms with E-state index in [2.05, 4.69) is 20.4 Å². The van der Waals surface area contributed by atoms with Gasteiger partial charge >= 0.3 is 0 Å². The molecule has 1 aromatic carbocycles. The number of carbonyl (C=O) groups is 1. The van der Waals surface area contributed by atoms with Crippen molar-refractivity contribution >= 4 is 40.2 Å². The van der Waals surface area contributed by atoms with Gasteiger partial charge in [0.1, 0.15) is 5.01 Å². The van der Waals surface area contributed by atoms with E-state index < -0.39 is 0 Å². The smallest absolute Gasteiger partial charge is 0.227 e. The van der Waals surface area contributed by atoms with Crippen LogP contribution >= 0.6 is 34.3 Å². The highest BCUT2D eigenvalue weighted by atomic mass is 35.5. The molecular weight excluding hydrogens is 428 g/mol. The molecule has 0 aliphatic rings. The summed E-state index contributed by atoms with van der Waals surface area (Å²) >= 11 is 9.09. The summed E-state index contributed by atoms with van der Waals surface area (Å²) in [6.07, 6.45) is 0.676. The number of amides is 1. The molecule has 0 atom stereocenters. The molecule has 4 aromatic rings. The SMILES string of the molecule is Cc1sc(CNC(=O)CCc2nc(-c3ccsc3)no2)nc1-c1ccc(Cl)cc1. The second-order valence-corrected chi connectivity index (χ2v) is 8.82. The molecule has 0 saturated carbocycles. The van der Waals surface area contributed by atoms with Crippen LogP contribution in [-0.2, 0) is 17.8 Å². The Kier molecular flexibility index (Phi) is 6.03. The molecule has 0 radical (unpaired) electrons. The summed E-state index contributed by atoms with van der Waals surface area (Å²) in [4.78, 5) is 22.3. The van der Waals surface area contributed by atoms with Crippen molar-refractivity contribution in [3.8, 4) is 22.6 Å². The Labute approximate surface area is 180 Å². The van der Waals surface area contributed by atoms with Crippen LogP contribution in [0.1, 0.15) is 22.2 Å². The number of hydrogen-bond acceptors (Lipinski definition) is 7. The minimum absolute atomic E-state index is 0.0822. The number of nitrogens with one attached hydrogen (secondary N) is 1. The lowest BCUT2D eigenvalue weighted by molar-refractivity contribution is -0.121. The zero-order valence-corrected chi connectivity index (χ0v) is 17.9. The van der Waals surface area contributed by atoms with E-state index in [4.69, 9.17) is 16.1 Å². The highest BCUT2D eigenvalue weighted by Gasteiger charge is 2.13. The zero-order valence-electron chi connectivity index (χ0n) is 15.5. The second kappa shape index (κ2) is 8.86. The number of thiazole rings is 1. The lowest BCUT2D eigenvalue weighted by Crippen LogP contribution is -2.22. The van der Waals surface area contributed by atoms with Crippen molar-refractivity contribution in [1.29, 1.82) is 0 Å². The Morgan fingerprint density at radius 3 is 2.76 bits per heavy atom. The Hall–Kier alpha value is -2.55. The minimum atomic E-state index is -0.0822. The summed E-state index contributed by atoms with van der Waals surface area (Å²) in [5.74, 6) is 0.923. The van der Waals surface area contributed by atoms with Gasteiger partial charge < -0.3 is 9.84 Å². The van der Waals surface area contributed by atoms with Gasteiger partial charge in [-0.2, -0.15) is 16.3 Å². The van der Waals surface area contributed by atoms with Crippen molar-refractivity contribution in [2.45, 2.75) is 26.3 Å². The number of aryl methyl sites for hydroxylation is 2. The van der Waals surface area contributed by atoms with Crippen LogP contribution < -0.4 is 5.32 Å². The predicted octanol–water partition coefficient (Wildman–Crippen LogP) is 5.13. The Morgan fingerprint density at radius 1 is 1.17 bits per heavy atom. The van der Waals surface area contributed by atoms with Gasteiger partial charge in [0, 0.05) is 39.2 Å². The first-order valence-corrected chi connectivity index (χ1v) is 11.1. The van der Waals surface area contributed by atoms with Gasteiger partial charge in [-0.3, -0.25) is 4.79 Å². The van der Waals surface area contributed by atoms with E-state index in [1.54, 1.807) is 22.7 Å². The minimum Gasteiger partial charge on any atom is -0.350 e. The van der Waals surface area contributed by atoms with E-state index in [1.807, 2.05) is 48.0 Å². The molecule has 0 bridgehead atoms. The molecule has 1 amide bonds. The van der Waals surface area contributed by atoms with Gasteiger partial charge in [0.2, 0.25) is 17.6 Å². The van der Waals surface area contributed by atoms with E-state index in [-0.39, 0.29) is 12.3 Å². The highest BCUT2D eigenvalue weighted by molar-refractivity contribution is 7.12. The van der Waals surface area contributed by atoms with E-state index in [9.17, 15) is 4.79 Å². The van der Waals surface area contributed by atoms with Crippen molar-refractivity contribution in [2.75, 3.05) is 0 Å². The number of benzene rings is 1. The van der Waals surface area contributed by atoms with Gasteiger partial charge in [-0.1, -0.05) is 28.9 Å². The summed E-state index contributed by atoms with van der Waals surface area (Å²) in [7, 11) is 0. The molecule has 3 heterocycles. The second-order valence-electron chi connectivity index (χ2n) is 6.32. The van der Waals surface area contributed by atoms with E-state index in [1.165, 1.54) is 0 Å². The number of hydrogen-bond donors (Lipinski definition) is 1. The number of rotatable bonds is 7. The maximum Gasteiger partial charge on any atom is 0.227 e. The number of nitrogens with zero attached hydrogens (tertiary/aromatic N) is 3. The summed E-state index contributed by atoms with van der Waals surface area (Å²) in [5, 5.41) is 12.3. The van der Waals surface area contributed by atoms with Crippen LogP contribution in [-0.4, -0.2) is 21.0 Å². The van der Waals surface area contributed by atoms with Crippen LogP contribution in [0.25, 0.3) is 22.6 Å². The summed E-state index contributed by atoms with van der Waals surface area (Å²) in [5.41, 5.74) is 2.85. The third kappa shape index (κ3) is 4.90. The Balaban J connectivity index is 1.30. The predicted molar refractivity (Wildman–Crippen MR) is 115 cm³/mol. The molecule has 0 aliphatic carbocycles. The fourth-order valence-electron chi connectivity index (χ4n) is 2.75. The molecule has 0 saturated heterocycles. The fraction of sp³-hybridized carbons (Fsp3) is 0.200. The summed E-state index contributed by atoms with van der Waals surface area (Å²) < 4.78 is 5.22. The third-order valence-electron chi connectivity index (χ3n) is 4.21. The summed E-state index contributed by atoms with van der Waals surface area (Å²) in [6, 6.07) is 9.51. The van der Waals surface area contributed by atoms with Crippen LogP contribution in [0, 0.1) is 6.92 Å². The quantitative estimate of drug-likeness (QED) is 0.427. The molecule has 0 unspecified atom stereocenters. The van der Waals surface area contributed by atoms with Gasteiger partial charge in [-0.25, -0.2) is 4.98 Å². The molecule has 29 heavy (non-hydrogen) atoms. The molecule has 0 aliphatic heterocycles. The average Bonchev–Trinajstić information content (AvgIpc) is 3.46. The van der Waals surface area contributed by atoms with E-state index >= 15 is 0 Å². The molecule has 0 spiro atoms. The van der Waals surface area contributed by atoms with Gasteiger partial charge in [-0.15, -0.1) is 11.3 Å². The van der Waals surface area contributed by atoms with Crippen LogP contribution in [0.3, 0.4) is 0 Å². The van der Waals surface area contributed by atoms with Gasteiger partial charge in [0.25, 0.3) is 0 Å². The number of halogens is 1. The monoisotopic (exact) mass is 444 g/mol. The average molecular weight is 445 g/mol. The first kappa shape index (κ1) is 19.8. The molecular formula is C20H17ClN4O2S2. The molecule has 3 aromatic heterocycles. The lowest BCUT2D eigenvalue weighted by atomic mass is 10.1. The maximum atomic E-state index is 12.2. The Bertz CT molecular complexity index is 1100. The topological polar surface area (TPSA) is 80.9 Å². The lowest BCUT2D eigenvalue weighted by Gasteiger charge is -2.01.